The summed E-state index contributed by atoms with van der Waals surface area (Å²) in [5, 5.41) is 0. The lowest BCUT2D eigenvalue weighted by atomic mass is 10.1. The normalized spacial score (nSPS) is 10.6. The number of rotatable bonds is 6. The fraction of sp³-hybridized carbons (Fsp3) is 0.933. The number of esters is 1. The Morgan fingerprint density at radius 3 is 1.82 bits per heavy atom. The second-order valence-corrected chi connectivity index (χ2v) is 3.90. The third-order valence-corrected chi connectivity index (χ3v) is 2.24. The third kappa shape index (κ3) is 18.1. The molecule has 0 aromatic rings. The summed E-state index contributed by atoms with van der Waals surface area (Å²) in [6.07, 6.45) is 3.84. The van der Waals surface area contributed by atoms with Crippen LogP contribution in [0.25, 0.3) is 0 Å². The maximum Gasteiger partial charge on any atom is 0.306 e. The molecule has 0 rings (SSSR count). The predicted molar refractivity (Wildman–Crippen MR) is 77.2 cm³/mol. The van der Waals surface area contributed by atoms with Crippen molar-refractivity contribution in [1.29, 1.82) is 0 Å². The summed E-state index contributed by atoms with van der Waals surface area (Å²) in [5.74, 6) is 0.366. The maximum atomic E-state index is 11.2. The lowest BCUT2D eigenvalue weighted by molar-refractivity contribution is -0.150. The highest BCUT2D eigenvalue weighted by molar-refractivity contribution is 5.69. The molecule has 0 amide bonds. The second-order valence-electron chi connectivity index (χ2n) is 3.90. The van der Waals surface area contributed by atoms with Crippen LogP contribution in [0.5, 0.6) is 0 Å². The van der Waals surface area contributed by atoms with E-state index in [0.717, 1.165) is 19.3 Å². The van der Waals surface area contributed by atoms with E-state index in [1.54, 1.807) is 0 Å². The van der Waals surface area contributed by atoms with E-state index in [2.05, 4.69) is 20.8 Å². The van der Waals surface area contributed by atoms with Crippen LogP contribution in [-0.4, -0.2) is 12.1 Å². The number of hydrogen-bond donors (Lipinski definition) is 0. The van der Waals surface area contributed by atoms with Gasteiger partial charge in [-0.2, -0.15) is 0 Å². The summed E-state index contributed by atoms with van der Waals surface area (Å²) in [5.41, 5.74) is 0. The summed E-state index contributed by atoms with van der Waals surface area (Å²) in [4.78, 5) is 11.2. The highest BCUT2D eigenvalue weighted by Gasteiger charge is 2.11. The minimum absolute atomic E-state index is 0.0466. The van der Waals surface area contributed by atoms with Crippen molar-refractivity contribution in [3.63, 3.8) is 0 Å². The average Bonchev–Trinajstić information content (AvgIpc) is 2.34. The Bertz CT molecular complexity index is 142. The Kier molecular flexibility index (Phi) is 22.8. The minimum atomic E-state index is -0.0466. The summed E-state index contributed by atoms with van der Waals surface area (Å²) in [7, 11) is 0. The summed E-state index contributed by atoms with van der Waals surface area (Å²) in [6, 6.07) is 0. The highest BCUT2D eigenvalue weighted by Crippen LogP contribution is 2.08. The van der Waals surface area contributed by atoms with Gasteiger partial charge >= 0.3 is 5.97 Å². The SMILES string of the molecule is CC.CC.CCCCCC(=O)OC(C)C(C)C. The number of ether oxygens (including phenoxy) is 1. The first-order chi connectivity index (χ1) is 8.07. The van der Waals surface area contributed by atoms with Gasteiger partial charge in [-0.15, -0.1) is 0 Å². The van der Waals surface area contributed by atoms with Crippen molar-refractivity contribution in [3.05, 3.63) is 0 Å². The monoisotopic (exact) mass is 246 g/mol. The summed E-state index contributed by atoms with van der Waals surface area (Å²) < 4.78 is 5.22. The standard InChI is InChI=1S/C11H22O2.2C2H6/c1-5-6-7-8-11(12)13-10(4)9(2)3;2*1-2/h9-10H,5-8H2,1-4H3;2*1-2H3. The minimum Gasteiger partial charge on any atom is -0.462 e. The Balaban J connectivity index is -0.000000439. The van der Waals surface area contributed by atoms with E-state index in [1.165, 1.54) is 0 Å². The number of carbonyl (C=O) groups is 1. The fourth-order valence-corrected chi connectivity index (χ4v) is 0.922. The largest absolute Gasteiger partial charge is 0.462 e. The van der Waals surface area contributed by atoms with E-state index in [0.29, 0.717) is 12.3 Å². The van der Waals surface area contributed by atoms with E-state index < -0.39 is 0 Å². The first kappa shape index (κ1) is 21.7. The molecule has 106 valence electrons. The molecule has 0 spiro atoms. The van der Waals surface area contributed by atoms with Crippen LogP contribution in [0.4, 0.5) is 0 Å². The predicted octanol–water partition coefficient (Wildman–Crippen LogP) is 5.21. The lowest BCUT2D eigenvalue weighted by Crippen LogP contribution is -2.19. The van der Waals surface area contributed by atoms with Gasteiger partial charge in [0.15, 0.2) is 0 Å². The zero-order chi connectivity index (χ0) is 14.3. The first-order valence-electron chi connectivity index (χ1n) is 7.27. The van der Waals surface area contributed by atoms with E-state index in [4.69, 9.17) is 4.74 Å². The van der Waals surface area contributed by atoms with Crippen molar-refractivity contribution in [2.75, 3.05) is 0 Å². The smallest absolute Gasteiger partial charge is 0.306 e. The van der Waals surface area contributed by atoms with Gasteiger partial charge < -0.3 is 4.74 Å². The van der Waals surface area contributed by atoms with Crippen molar-refractivity contribution in [2.24, 2.45) is 5.92 Å². The fourth-order valence-electron chi connectivity index (χ4n) is 0.922. The average molecular weight is 246 g/mol. The number of hydrogen-bond acceptors (Lipinski definition) is 2. The van der Waals surface area contributed by atoms with Crippen molar-refractivity contribution in [1.82, 2.24) is 0 Å². The molecule has 0 aliphatic rings. The highest BCUT2D eigenvalue weighted by atomic mass is 16.5. The van der Waals surface area contributed by atoms with Crippen molar-refractivity contribution < 1.29 is 9.53 Å². The summed E-state index contributed by atoms with van der Waals surface area (Å²) in [6.45, 7) is 16.2. The number of unbranched alkanes of at least 4 members (excludes halogenated alkanes) is 2. The van der Waals surface area contributed by atoms with Crippen LogP contribution in [0.2, 0.25) is 0 Å². The van der Waals surface area contributed by atoms with Crippen LogP contribution in [0.3, 0.4) is 0 Å². The molecule has 0 N–H and O–H groups in total. The molecule has 1 unspecified atom stereocenters. The van der Waals surface area contributed by atoms with Gasteiger partial charge in [0.05, 0.1) is 0 Å². The van der Waals surface area contributed by atoms with Crippen LogP contribution < -0.4 is 0 Å². The van der Waals surface area contributed by atoms with Crippen LogP contribution in [-0.2, 0) is 9.53 Å². The van der Waals surface area contributed by atoms with Crippen molar-refractivity contribution >= 4 is 5.97 Å². The van der Waals surface area contributed by atoms with Crippen LogP contribution >= 0.6 is 0 Å². The Morgan fingerprint density at radius 2 is 1.47 bits per heavy atom. The maximum absolute atomic E-state index is 11.2. The molecule has 0 radical (unpaired) electrons. The van der Waals surface area contributed by atoms with E-state index in [-0.39, 0.29) is 12.1 Å². The van der Waals surface area contributed by atoms with Gasteiger partial charge in [-0.3, -0.25) is 4.79 Å². The molecule has 2 nitrogen and oxygen atoms in total. The molecular weight excluding hydrogens is 212 g/mol. The third-order valence-electron chi connectivity index (χ3n) is 2.24. The molecular formula is C15H34O2. The molecule has 0 aromatic carbocycles. The van der Waals surface area contributed by atoms with Crippen molar-refractivity contribution in [2.45, 2.75) is 87.2 Å². The van der Waals surface area contributed by atoms with Gasteiger partial charge in [0, 0.05) is 6.42 Å². The first-order valence-corrected chi connectivity index (χ1v) is 7.27. The van der Waals surface area contributed by atoms with E-state index >= 15 is 0 Å². The molecule has 0 aliphatic heterocycles. The van der Waals surface area contributed by atoms with Crippen molar-refractivity contribution in [3.8, 4) is 0 Å². The van der Waals surface area contributed by atoms with Gasteiger partial charge in [-0.05, 0) is 19.3 Å². The Morgan fingerprint density at radius 1 is 1.00 bits per heavy atom. The topological polar surface area (TPSA) is 26.3 Å². The lowest BCUT2D eigenvalue weighted by Gasteiger charge is -2.16. The van der Waals surface area contributed by atoms with Crippen LogP contribution in [0.15, 0.2) is 0 Å². The molecule has 2 heteroatoms. The molecule has 0 aliphatic carbocycles. The van der Waals surface area contributed by atoms with E-state index in [9.17, 15) is 4.79 Å². The van der Waals surface area contributed by atoms with Gasteiger partial charge in [0.2, 0.25) is 0 Å². The zero-order valence-electron chi connectivity index (χ0n) is 13.3. The Labute approximate surface area is 109 Å². The molecule has 0 heterocycles. The van der Waals surface area contributed by atoms with Crippen LogP contribution in [0, 0.1) is 5.92 Å². The molecule has 0 saturated carbocycles. The molecule has 1 atom stereocenters. The molecule has 0 fully saturated rings. The van der Waals surface area contributed by atoms with Gasteiger partial charge in [0.1, 0.15) is 6.10 Å². The molecule has 0 saturated heterocycles. The quantitative estimate of drug-likeness (QED) is 0.475. The number of carbonyl (C=O) groups excluding carboxylic acids is 1. The molecule has 0 aromatic heterocycles. The van der Waals surface area contributed by atoms with Gasteiger partial charge in [-0.25, -0.2) is 0 Å². The molecule has 0 bridgehead atoms. The van der Waals surface area contributed by atoms with Crippen LogP contribution in [0.1, 0.15) is 81.1 Å². The summed E-state index contributed by atoms with van der Waals surface area (Å²) >= 11 is 0. The van der Waals surface area contributed by atoms with E-state index in [1.807, 2.05) is 34.6 Å². The second kappa shape index (κ2) is 17.9. The van der Waals surface area contributed by atoms with Gasteiger partial charge in [0.25, 0.3) is 0 Å². The van der Waals surface area contributed by atoms with Gasteiger partial charge in [-0.1, -0.05) is 61.3 Å². The molecule has 17 heavy (non-hydrogen) atoms. The zero-order valence-corrected chi connectivity index (χ0v) is 13.3. The Hall–Kier alpha value is -0.530.